The third-order valence-corrected chi connectivity index (χ3v) is 28.2. The molecule has 0 fully saturated rings. The molecule has 2 aliphatic rings. The van der Waals surface area contributed by atoms with E-state index in [1.807, 2.05) is 0 Å². The van der Waals surface area contributed by atoms with E-state index in [0.29, 0.717) is 22.3 Å². The molecule has 0 saturated carbocycles. The van der Waals surface area contributed by atoms with Crippen LogP contribution in [0.25, 0.3) is 44.3 Å². The summed E-state index contributed by atoms with van der Waals surface area (Å²) in [6, 6.07) is 4.60. The summed E-state index contributed by atoms with van der Waals surface area (Å²) in [7, 11) is 0. The third kappa shape index (κ3) is 30.3. The van der Waals surface area contributed by atoms with Crippen LogP contribution < -0.4 is 0 Å². The fourth-order valence-corrected chi connectivity index (χ4v) is 21.9. The van der Waals surface area contributed by atoms with Gasteiger partial charge in [0.2, 0.25) is 0 Å². The number of nitrogens with zero attached hydrogens (tertiary/aromatic N) is 4. The van der Waals surface area contributed by atoms with Gasteiger partial charge in [0.25, 0.3) is 0 Å². The lowest BCUT2D eigenvalue weighted by atomic mass is 9.68. The molecule has 0 amide bonds. The Morgan fingerprint density at radius 1 is 0.264 bits per heavy atom. The van der Waals surface area contributed by atoms with Crippen molar-refractivity contribution in [2.75, 3.05) is 0 Å². The molecule has 602 valence electrons. The van der Waals surface area contributed by atoms with Crippen LogP contribution in [0, 0.1) is 15.2 Å². The van der Waals surface area contributed by atoms with Crippen LogP contribution in [0.1, 0.15) is 512 Å². The van der Waals surface area contributed by atoms with Crippen molar-refractivity contribution in [3.63, 3.8) is 0 Å². The molecule has 2 aromatic heterocycles. The second-order valence-electron chi connectivity index (χ2n) is 34.4. The zero-order valence-electron chi connectivity index (χ0n) is 69.2. The Bertz CT molecular complexity index is 2790. The SMILES string of the molecule is CCCCCCCCCCCCCCCCCCCC1(CCCCCCCCCCCCCCCCCCC)c2cc(Br)c3nsnc3c2-c2c(F)c3c(c(F)c21)-c1c(cc(I)c2nsnc12)C3(CCCCCCCCCCCCCCCCCCC)CCCCCCCCCCCCCCCCCCC. The molecule has 0 spiro atoms. The van der Waals surface area contributed by atoms with E-state index in [2.05, 4.69) is 78.3 Å². The van der Waals surface area contributed by atoms with E-state index >= 15 is 8.78 Å². The largest absolute Gasteiger partial charge is 0.206 e. The minimum Gasteiger partial charge on any atom is -0.206 e. The standard InChI is InChI=1S/C96H158BrF2IN4S2/c1-5-9-13-17-21-25-29-33-37-41-45-49-53-57-61-65-69-73-95(74-70-66-62-58-54-50-46-42-38-34-30-26-22-18-14-10-6-2)79-77-81(97)91-93(103-105-101-91)83(79)85-87(95)90(99)86-84-80(78-82(100)92-94(84)104-106-102-92)96(88(86)89(85)98,75-71-67-63-59-55-51-47-43-39-35-31-27-23-19-15-11-7-3)76-72-68-64-60-56-52-48-44-40-36-32-28-24-20-16-12-8-4/h77-78H,5-76H2,1-4H3. The Morgan fingerprint density at radius 2 is 0.453 bits per heavy atom. The maximum Gasteiger partial charge on any atom is 0.136 e. The summed E-state index contributed by atoms with van der Waals surface area (Å²) in [5.41, 5.74) is 7.85. The van der Waals surface area contributed by atoms with E-state index in [0.717, 1.165) is 129 Å². The monoisotopic (exact) mass is 1680 g/mol. The maximum atomic E-state index is 20.2. The van der Waals surface area contributed by atoms with Crippen molar-refractivity contribution in [3.05, 3.63) is 54.1 Å². The average Bonchev–Trinajstić information content (AvgIpc) is 1.50. The molecular formula is C96H158BrF2IN4S2. The highest BCUT2D eigenvalue weighted by Crippen LogP contribution is 2.65. The highest BCUT2D eigenvalue weighted by Gasteiger charge is 2.55. The van der Waals surface area contributed by atoms with Gasteiger partial charge in [0.1, 0.15) is 33.7 Å². The molecule has 0 aliphatic heterocycles. The second kappa shape index (κ2) is 56.6. The number of hydrogen-bond donors (Lipinski definition) is 0. The Labute approximate surface area is 682 Å². The molecule has 2 aliphatic carbocycles. The van der Waals surface area contributed by atoms with E-state index in [1.54, 1.807) is 0 Å². The topological polar surface area (TPSA) is 51.6 Å². The van der Waals surface area contributed by atoms with Crippen LogP contribution >= 0.6 is 62.0 Å². The normalized spacial score (nSPS) is 13.5. The number of hydrogen-bond acceptors (Lipinski definition) is 6. The van der Waals surface area contributed by atoms with Crippen molar-refractivity contribution < 1.29 is 8.78 Å². The molecule has 0 bridgehead atoms. The highest BCUT2D eigenvalue weighted by atomic mass is 127. The Kier molecular flexibility index (Phi) is 48.9. The van der Waals surface area contributed by atoms with Gasteiger partial charge >= 0.3 is 0 Å². The number of unbranched alkanes of at least 4 members (excludes halogenated alkanes) is 64. The van der Waals surface area contributed by atoms with Gasteiger partial charge in [0.15, 0.2) is 0 Å². The first-order valence-corrected chi connectivity index (χ1v) is 50.1. The number of fused-ring (bicyclic) bond motifs is 10. The van der Waals surface area contributed by atoms with Crippen LogP contribution in [0.5, 0.6) is 0 Å². The molecule has 3 aromatic carbocycles. The van der Waals surface area contributed by atoms with Gasteiger partial charge in [0.05, 0.1) is 23.5 Å². The van der Waals surface area contributed by atoms with Crippen LogP contribution in [0.3, 0.4) is 0 Å². The van der Waals surface area contributed by atoms with Crippen LogP contribution in [0.4, 0.5) is 8.78 Å². The van der Waals surface area contributed by atoms with Crippen LogP contribution in [0.2, 0.25) is 0 Å². The van der Waals surface area contributed by atoms with Crippen molar-refractivity contribution in [1.29, 1.82) is 0 Å². The van der Waals surface area contributed by atoms with E-state index in [4.69, 9.17) is 17.5 Å². The number of aromatic nitrogens is 4. The lowest BCUT2D eigenvalue weighted by molar-refractivity contribution is 0.374. The summed E-state index contributed by atoms with van der Waals surface area (Å²) in [4.78, 5) is 0. The van der Waals surface area contributed by atoms with Crippen LogP contribution in [0.15, 0.2) is 16.6 Å². The molecule has 106 heavy (non-hydrogen) atoms. The predicted octanol–water partition coefficient (Wildman–Crippen LogP) is 36.0. The first-order valence-electron chi connectivity index (χ1n) is 46.8. The minimum absolute atomic E-state index is 0.183. The zero-order chi connectivity index (χ0) is 74.8. The fourth-order valence-electron chi connectivity index (χ4n) is 19.3. The van der Waals surface area contributed by atoms with Gasteiger partial charge in [-0.2, -0.15) is 17.5 Å². The number of benzene rings is 3. The van der Waals surface area contributed by atoms with E-state index in [9.17, 15) is 0 Å². The second-order valence-corrected chi connectivity index (χ2v) is 37.5. The van der Waals surface area contributed by atoms with Crippen molar-refractivity contribution in [2.45, 2.75) is 501 Å². The van der Waals surface area contributed by atoms with Crippen LogP contribution in [-0.2, 0) is 10.8 Å². The maximum absolute atomic E-state index is 20.2. The molecule has 0 radical (unpaired) electrons. The molecule has 0 N–H and O–H groups in total. The summed E-state index contributed by atoms with van der Waals surface area (Å²) in [6.45, 7) is 9.23. The smallest absolute Gasteiger partial charge is 0.136 e. The van der Waals surface area contributed by atoms with Gasteiger partial charge in [-0.25, -0.2) is 8.78 Å². The summed E-state index contributed by atoms with van der Waals surface area (Å²) in [5, 5.41) is 0. The van der Waals surface area contributed by atoms with Gasteiger partial charge in [0, 0.05) is 52.3 Å². The van der Waals surface area contributed by atoms with Crippen molar-refractivity contribution >= 4 is 84.0 Å². The first-order chi connectivity index (χ1) is 52.3. The Hall–Kier alpha value is -1.63. The van der Waals surface area contributed by atoms with E-state index in [1.165, 1.54) is 409 Å². The third-order valence-electron chi connectivity index (χ3n) is 25.7. The molecule has 0 unspecified atom stereocenters. The van der Waals surface area contributed by atoms with Crippen LogP contribution in [-0.4, -0.2) is 17.5 Å². The molecule has 0 atom stereocenters. The number of rotatable bonds is 72. The van der Waals surface area contributed by atoms with Crippen molar-refractivity contribution in [2.24, 2.45) is 0 Å². The molecule has 5 aromatic rings. The molecule has 2 heterocycles. The van der Waals surface area contributed by atoms with Gasteiger partial charge in [-0.15, -0.1) is 0 Å². The lowest BCUT2D eigenvalue weighted by Crippen LogP contribution is -2.29. The zero-order valence-corrected chi connectivity index (χ0v) is 74.6. The van der Waals surface area contributed by atoms with Gasteiger partial charge in [-0.05, 0) is 87.5 Å². The highest BCUT2D eigenvalue weighted by molar-refractivity contribution is 14.1. The molecule has 4 nitrogen and oxygen atoms in total. The molecular weight excluding hydrogens is 1520 g/mol. The van der Waals surface area contributed by atoms with Gasteiger partial charge < -0.3 is 0 Å². The fraction of sp³-hybridized carbons (Fsp3) is 0.812. The Balaban J connectivity index is 1.11. The van der Waals surface area contributed by atoms with Crippen molar-refractivity contribution in [3.8, 4) is 22.3 Å². The summed E-state index contributed by atoms with van der Waals surface area (Å²) >= 11 is 8.98. The summed E-state index contributed by atoms with van der Waals surface area (Å²) in [6.07, 6.45) is 93.0. The quantitative estimate of drug-likeness (QED) is 0.0288. The predicted molar refractivity (Wildman–Crippen MR) is 476 cm³/mol. The van der Waals surface area contributed by atoms with E-state index < -0.39 is 10.8 Å². The molecule has 10 heteroatoms. The number of halogens is 4. The summed E-state index contributed by atoms with van der Waals surface area (Å²) < 4.78 is 62.4. The molecule has 0 saturated heterocycles. The van der Waals surface area contributed by atoms with Gasteiger partial charge in [-0.3, -0.25) is 0 Å². The lowest BCUT2D eigenvalue weighted by Gasteiger charge is -2.35. The van der Waals surface area contributed by atoms with Crippen molar-refractivity contribution in [1.82, 2.24) is 17.5 Å². The summed E-state index contributed by atoms with van der Waals surface area (Å²) in [5.74, 6) is -0.366. The first kappa shape index (κ1) is 91.6. The minimum atomic E-state index is -0.717. The Morgan fingerprint density at radius 3 is 0.689 bits per heavy atom. The van der Waals surface area contributed by atoms with E-state index in [-0.39, 0.29) is 11.6 Å². The molecule has 7 rings (SSSR count). The average molecular weight is 1680 g/mol. The van der Waals surface area contributed by atoms with Gasteiger partial charge in [-0.1, -0.05) is 464 Å².